The van der Waals surface area contributed by atoms with E-state index in [4.69, 9.17) is 37.9 Å². The van der Waals surface area contributed by atoms with Crippen LogP contribution in [-0.2, 0) is 42.7 Å². The summed E-state index contributed by atoms with van der Waals surface area (Å²) < 4.78 is 49.1. The Hall–Kier alpha value is -3.38. The van der Waals surface area contributed by atoms with Crippen LogP contribution in [0.25, 0.3) is 0 Å². The van der Waals surface area contributed by atoms with Crippen molar-refractivity contribution in [2.45, 2.75) is 141 Å². The Morgan fingerprint density at radius 1 is 1.12 bits per heavy atom. The van der Waals surface area contributed by atoms with Gasteiger partial charge in [-0.1, -0.05) is 27.7 Å². The lowest BCUT2D eigenvalue weighted by Gasteiger charge is -2.68. The molecule has 0 unspecified atom stereocenters. The van der Waals surface area contributed by atoms with Crippen LogP contribution >= 0.6 is 0 Å². The molecule has 1 aromatic rings. The number of alkyl carbamates (subject to hydrolysis) is 1. The van der Waals surface area contributed by atoms with Crippen LogP contribution in [0.5, 0.6) is 5.75 Å². The summed E-state index contributed by atoms with van der Waals surface area (Å²) in [6, 6.07) is 1.75. The van der Waals surface area contributed by atoms with E-state index in [0.717, 1.165) is 18.7 Å². The number of hydrogen-bond acceptors (Lipinski definition) is 15. The Labute approximate surface area is 346 Å². The molecule has 0 radical (unpaired) electrons. The summed E-state index contributed by atoms with van der Waals surface area (Å²) in [5.74, 6) is -2.07. The minimum absolute atomic E-state index is 0.0381. The number of methoxy groups -OCH3 is 1. The maximum atomic E-state index is 14.3. The predicted molar refractivity (Wildman–Crippen MR) is 210 cm³/mol. The van der Waals surface area contributed by atoms with E-state index in [1.165, 1.54) is 26.3 Å². The van der Waals surface area contributed by atoms with E-state index in [9.17, 15) is 24.6 Å². The van der Waals surface area contributed by atoms with E-state index in [2.05, 4.69) is 22.1 Å². The third-order valence-electron chi connectivity index (χ3n) is 14.1. The third-order valence-corrected chi connectivity index (χ3v) is 14.1. The molecule has 16 heteroatoms. The standard InChI is InChI=1S/C43H63N3O13/c1-23-28(55-37(49)33(48)32(45-38(50)59-39(4,5)6)27-12-11-26(52-10)20-44-27)19-43(51)24(2)35-41(9,14-13-29-42(35,22-54-29)58-25(3)47)36-34(31(23)40(43,7)8)56-30(57-36)21-46-15-17-53-18-16-46/h11-12,20,24,28-30,32-36,48,51H,13-19,21-22H2,1-10H3,(H,45,50)/t24-,28-,29+,30+,32-,33+,34+,35-,36+,41+,42-,43+/m0/s1. The molecule has 328 valence electrons. The Balaban J connectivity index is 1.29. The average molecular weight is 830 g/mol. The monoisotopic (exact) mass is 829 g/mol. The molecule has 0 spiro atoms. The van der Waals surface area contributed by atoms with Crippen LogP contribution < -0.4 is 10.1 Å². The Morgan fingerprint density at radius 2 is 1.83 bits per heavy atom. The summed E-state index contributed by atoms with van der Waals surface area (Å²) in [7, 11) is 1.48. The van der Waals surface area contributed by atoms with Crippen LogP contribution in [0.4, 0.5) is 4.79 Å². The quantitative estimate of drug-likeness (QED) is 0.186. The van der Waals surface area contributed by atoms with Gasteiger partial charge >= 0.3 is 18.0 Å². The van der Waals surface area contributed by atoms with Crippen LogP contribution in [0.15, 0.2) is 29.5 Å². The number of rotatable bonds is 9. The maximum Gasteiger partial charge on any atom is 0.408 e. The molecule has 16 nitrogen and oxygen atoms in total. The molecule has 12 atom stereocenters. The first-order valence-electron chi connectivity index (χ1n) is 20.9. The van der Waals surface area contributed by atoms with Gasteiger partial charge in [0.15, 0.2) is 18.0 Å². The summed E-state index contributed by atoms with van der Waals surface area (Å²) in [4.78, 5) is 46.9. The summed E-state index contributed by atoms with van der Waals surface area (Å²) in [5.41, 5.74) is -3.51. The highest BCUT2D eigenvalue weighted by atomic mass is 16.7. The van der Waals surface area contributed by atoms with Crippen molar-refractivity contribution in [1.82, 2.24) is 15.2 Å². The van der Waals surface area contributed by atoms with Gasteiger partial charge in [0.1, 0.15) is 35.7 Å². The fourth-order valence-electron chi connectivity index (χ4n) is 11.3. The van der Waals surface area contributed by atoms with Crippen LogP contribution in [-0.4, -0.2) is 138 Å². The van der Waals surface area contributed by atoms with Crippen molar-refractivity contribution in [3.8, 4) is 5.75 Å². The number of amides is 1. The SMILES string of the molecule is COc1ccc([C@H](NC(=O)OC(C)(C)C)[C@@H](O)C(=O)O[C@H]2C[C@@]3(O)[C@@H](C)[C@H]4[C@@](C)(CC[C@H]5OC[C@]54OC(C)=O)[C@@H]4O[C@H](CN5CCOCC5)O[C@@H]4C(=C2C)C3(C)C)nc1. The van der Waals surface area contributed by atoms with Gasteiger partial charge in [-0.3, -0.25) is 14.7 Å². The molecule has 0 aromatic carbocycles. The molecule has 1 aromatic heterocycles. The van der Waals surface area contributed by atoms with Crippen LogP contribution in [0.2, 0.25) is 0 Å². The van der Waals surface area contributed by atoms with Gasteiger partial charge in [-0.2, -0.15) is 0 Å². The molecule has 5 fully saturated rings. The molecule has 3 aliphatic heterocycles. The number of nitrogens with one attached hydrogen (secondary N) is 1. The number of esters is 2. The van der Waals surface area contributed by atoms with Crippen molar-refractivity contribution in [3.63, 3.8) is 0 Å². The number of carbonyl (C=O) groups excluding carboxylic acids is 3. The molecule has 2 saturated carbocycles. The number of hydrogen-bond donors (Lipinski definition) is 3. The highest BCUT2D eigenvalue weighted by Gasteiger charge is 2.75. The average Bonchev–Trinajstić information content (AvgIpc) is 3.57. The molecule has 3 saturated heterocycles. The molecule has 59 heavy (non-hydrogen) atoms. The third kappa shape index (κ3) is 7.65. The van der Waals surface area contributed by atoms with E-state index < -0.39 is 94.2 Å². The maximum absolute atomic E-state index is 14.3. The smallest absolute Gasteiger partial charge is 0.408 e. The first-order chi connectivity index (χ1) is 27.6. The summed E-state index contributed by atoms with van der Waals surface area (Å²) in [5, 5.41) is 27.8. The van der Waals surface area contributed by atoms with Crippen molar-refractivity contribution < 1.29 is 62.5 Å². The van der Waals surface area contributed by atoms with Gasteiger partial charge < -0.3 is 53.4 Å². The molecule has 3 aliphatic carbocycles. The molecule has 3 N–H and O–H groups in total. The summed E-state index contributed by atoms with van der Waals surface area (Å²) in [6.45, 7) is 19.8. The molecule has 6 aliphatic rings. The number of aromatic nitrogens is 1. The number of carbonyl (C=O) groups is 3. The highest BCUT2D eigenvalue weighted by molar-refractivity contribution is 5.78. The summed E-state index contributed by atoms with van der Waals surface area (Å²) in [6.07, 6.45) is -3.38. The molecule has 7 rings (SSSR count). The number of aliphatic hydroxyl groups is 2. The number of pyridine rings is 1. The minimum atomic E-state index is -1.94. The molecule has 4 heterocycles. The lowest BCUT2D eigenvalue weighted by molar-refractivity contribution is -0.337. The van der Waals surface area contributed by atoms with Crippen LogP contribution in [0, 0.1) is 22.7 Å². The van der Waals surface area contributed by atoms with Gasteiger partial charge in [0.05, 0.1) is 50.5 Å². The molecular formula is C43H63N3O13. The zero-order chi connectivity index (χ0) is 42.9. The van der Waals surface area contributed by atoms with Crippen molar-refractivity contribution in [2.24, 2.45) is 22.7 Å². The van der Waals surface area contributed by atoms with Crippen molar-refractivity contribution in [2.75, 3.05) is 46.6 Å². The van der Waals surface area contributed by atoms with E-state index in [1.54, 1.807) is 26.8 Å². The number of nitrogens with zero attached hydrogens (tertiary/aromatic N) is 2. The highest BCUT2D eigenvalue weighted by Crippen LogP contribution is 2.67. The topological polar surface area (TPSA) is 194 Å². The lowest BCUT2D eigenvalue weighted by Crippen LogP contribution is -2.77. The number of aliphatic hydroxyl groups excluding tert-OH is 1. The van der Waals surface area contributed by atoms with Crippen LogP contribution in [0.3, 0.4) is 0 Å². The fraction of sp³-hybridized carbons (Fsp3) is 0.767. The Kier molecular flexibility index (Phi) is 11.7. The number of ether oxygens (including phenoxy) is 8. The van der Waals surface area contributed by atoms with E-state index >= 15 is 0 Å². The van der Waals surface area contributed by atoms with Gasteiger partial charge in [-0.25, -0.2) is 9.59 Å². The van der Waals surface area contributed by atoms with Gasteiger partial charge in [-0.15, -0.1) is 0 Å². The van der Waals surface area contributed by atoms with Gasteiger partial charge in [0.25, 0.3) is 0 Å². The largest absolute Gasteiger partial charge is 0.495 e. The van der Waals surface area contributed by atoms with Gasteiger partial charge in [0.2, 0.25) is 0 Å². The number of fused-ring (bicyclic) bond motifs is 8. The van der Waals surface area contributed by atoms with Gasteiger partial charge in [0, 0.05) is 49.7 Å². The zero-order valence-electron chi connectivity index (χ0n) is 36.1. The second-order valence-electron chi connectivity index (χ2n) is 19.1. The van der Waals surface area contributed by atoms with Crippen molar-refractivity contribution in [3.05, 3.63) is 35.2 Å². The fourth-order valence-corrected chi connectivity index (χ4v) is 11.3. The number of morpholine rings is 1. The second-order valence-corrected chi connectivity index (χ2v) is 19.1. The molecule has 2 bridgehead atoms. The van der Waals surface area contributed by atoms with Crippen LogP contribution in [0.1, 0.15) is 93.3 Å². The Bertz CT molecular complexity index is 1790. The summed E-state index contributed by atoms with van der Waals surface area (Å²) >= 11 is 0. The van der Waals surface area contributed by atoms with E-state index in [1.807, 2.05) is 27.7 Å². The lowest BCUT2D eigenvalue weighted by atomic mass is 9.43. The van der Waals surface area contributed by atoms with Gasteiger partial charge in [-0.05, 0) is 69.7 Å². The first kappa shape index (κ1) is 43.7. The predicted octanol–water partition coefficient (Wildman–Crippen LogP) is 3.62. The van der Waals surface area contributed by atoms with Crippen molar-refractivity contribution in [1.29, 1.82) is 0 Å². The molecule has 1 amide bonds. The Morgan fingerprint density at radius 3 is 2.42 bits per heavy atom. The zero-order valence-corrected chi connectivity index (χ0v) is 36.1. The minimum Gasteiger partial charge on any atom is -0.495 e. The molecular weight excluding hydrogens is 766 g/mol. The van der Waals surface area contributed by atoms with E-state index in [0.29, 0.717) is 43.9 Å². The van der Waals surface area contributed by atoms with Crippen molar-refractivity contribution >= 4 is 18.0 Å². The first-order valence-corrected chi connectivity index (χ1v) is 20.9. The second kappa shape index (κ2) is 15.8. The normalized spacial score (nSPS) is 37.5. The van der Waals surface area contributed by atoms with E-state index in [-0.39, 0.29) is 24.8 Å².